The maximum absolute atomic E-state index is 12.2. The normalized spacial score (nSPS) is 18.2. The van der Waals surface area contributed by atoms with E-state index >= 15 is 0 Å². The largest absolute Gasteiger partial charge is 0.425 e. The number of quaternary nitrogens is 1. The summed E-state index contributed by atoms with van der Waals surface area (Å²) >= 11 is 0. The first kappa shape index (κ1) is 14.0. The Bertz CT molecular complexity index is 582. The fourth-order valence-electron chi connectivity index (χ4n) is 3.15. The Labute approximate surface area is 123 Å². The number of benzene rings is 1. The quantitative estimate of drug-likeness (QED) is 0.676. The van der Waals surface area contributed by atoms with Crippen molar-refractivity contribution in [1.29, 1.82) is 0 Å². The van der Waals surface area contributed by atoms with E-state index in [1.165, 1.54) is 25.0 Å². The van der Waals surface area contributed by atoms with Crippen LogP contribution < -0.4 is 10.2 Å². The molecule has 0 bridgehead atoms. The molecule has 6 nitrogen and oxygen atoms in total. The number of hydrogen-bond acceptors (Lipinski definition) is 3. The molecular formula is C15H20N3O3+. The van der Waals surface area contributed by atoms with Gasteiger partial charge in [0.05, 0.1) is 7.11 Å². The second kappa shape index (κ2) is 5.46. The number of carbonyl (C=O) groups is 2. The van der Waals surface area contributed by atoms with Crippen LogP contribution in [-0.2, 0) is 4.84 Å². The molecule has 1 aliphatic carbocycles. The van der Waals surface area contributed by atoms with Crippen LogP contribution in [0.2, 0.25) is 0 Å². The number of nitrogens with two attached hydrogens (primary N) is 1. The van der Waals surface area contributed by atoms with Crippen LogP contribution >= 0.6 is 0 Å². The average molecular weight is 290 g/mol. The maximum Gasteiger partial charge on any atom is 0.425 e. The zero-order chi connectivity index (χ0) is 15.0. The first-order chi connectivity index (χ1) is 10.1. The van der Waals surface area contributed by atoms with E-state index in [2.05, 4.69) is 0 Å². The summed E-state index contributed by atoms with van der Waals surface area (Å²) in [4.78, 5) is 31.1. The number of fused-ring (bicyclic) bond motifs is 1. The van der Waals surface area contributed by atoms with E-state index in [9.17, 15) is 9.59 Å². The number of primary amides is 1. The first-order valence-corrected chi connectivity index (χ1v) is 7.26. The molecule has 112 valence electrons. The number of anilines is 1. The van der Waals surface area contributed by atoms with Gasteiger partial charge in [0.2, 0.25) is 0 Å². The summed E-state index contributed by atoms with van der Waals surface area (Å²) in [5, 5.41) is 2.80. The maximum atomic E-state index is 12.2. The summed E-state index contributed by atoms with van der Waals surface area (Å²) in [6.45, 7) is 0. The van der Waals surface area contributed by atoms with Crippen molar-refractivity contribution in [3.05, 3.63) is 23.8 Å². The van der Waals surface area contributed by atoms with Crippen LogP contribution in [0.5, 0.6) is 0 Å². The molecule has 21 heavy (non-hydrogen) atoms. The Kier molecular flexibility index (Phi) is 3.65. The monoisotopic (exact) mass is 290 g/mol. The Balaban J connectivity index is 1.89. The number of carbonyl (C=O) groups excluding carboxylic acids is 2. The minimum Gasteiger partial charge on any atom is -0.274 e. The van der Waals surface area contributed by atoms with Gasteiger partial charge >= 0.3 is 6.03 Å². The van der Waals surface area contributed by atoms with E-state index < -0.39 is 0 Å². The molecule has 3 rings (SSSR count). The van der Waals surface area contributed by atoms with Crippen LogP contribution in [0.3, 0.4) is 0 Å². The highest BCUT2D eigenvalue weighted by molar-refractivity contribution is 5.99. The third-order valence-corrected chi connectivity index (χ3v) is 4.30. The molecule has 0 unspecified atom stereocenters. The van der Waals surface area contributed by atoms with Crippen molar-refractivity contribution in [2.75, 3.05) is 19.1 Å². The molecule has 1 saturated carbocycles. The number of urea groups is 1. The topological polar surface area (TPSA) is 66.5 Å². The number of nitrogens with zero attached hydrogens (tertiary/aromatic N) is 2. The Morgan fingerprint density at radius 2 is 2.10 bits per heavy atom. The van der Waals surface area contributed by atoms with Crippen molar-refractivity contribution in [2.45, 2.75) is 31.7 Å². The predicted octanol–water partition coefficient (Wildman–Crippen LogP) is 1.40. The lowest BCUT2D eigenvalue weighted by atomic mass is 10.1. The molecule has 6 heteroatoms. The summed E-state index contributed by atoms with van der Waals surface area (Å²) in [7, 11) is 3.01. The van der Waals surface area contributed by atoms with Gasteiger partial charge in [-0.05, 0) is 25.0 Å². The van der Waals surface area contributed by atoms with E-state index in [-0.39, 0.29) is 11.9 Å². The van der Waals surface area contributed by atoms with Gasteiger partial charge in [-0.3, -0.25) is 14.5 Å². The summed E-state index contributed by atoms with van der Waals surface area (Å²) < 4.78 is 0. The Morgan fingerprint density at radius 3 is 2.76 bits per heavy atom. The molecule has 3 amide bonds. The van der Waals surface area contributed by atoms with Gasteiger partial charge in [-0.1, -0.05) is 12.8 Å². The van der Waals surface area contributed by atoms with Gasteiger partial charge in [0, 0.05) is 24.7 Å². The van der Waals surface area contributed by atoms with Gasteiger partial charge < -0.3 is 0 Å². The van der Waals surface area contributed by atoms with Crippen LogP contribution in [-0.4, -0.2) is 37.2 Å². The second-order valence-electron chi connectivity index (χ2n) is 5.55. The zero-order valence-electron chi connectivity index (χ0n) is 12.3. The van der Waals surface area contributed by atoms with Crippen LogP contribution in [0.4, 0.5) is 16.2 Å². The predicted molar refractivity (Wildman–Crippen MR) is 77.3 cm³/mol. The van der Waals surface area contributed by atoms with Crippen molar-refractivity contribution in [2.24, 2.45) is 0 Å². The van der Waals surface area contributed by atoms with Gasteiger partial charge in [0.1, 0.15) is 5.69 Å². The molecule has 0 aromatic heterocycles. The lowest BCUT2D eigenvalue weighted by molar-refractivity contribution is -0.454. The molecular weight excluding hydrogens is 270 g/mol. The van der Waals surface area contributed by atoms with E-state index in [1.807, 2.05) is 11.0 Å². The highest BCUT2D eigenvalue weighted by Gasteiger charge is 2.39. The first-order valence-electron chi connectivity index (χ1n) is 7.26. The Morgan fingerprint density at radius 1 is 1.38 bits per heavy atom. The summed E-state index contributed by atoms with van der Waals surface area (Å²) in [6, 6.07) is 5.72. The van der Waals surface area contributed by atoms with Crippen molar-refractivity contribution in [1.82, 2.24) is 5.06 Å². The Hall–Kier alpha value is -1.92. The molecule has 0 saturated heterocycles. The molecule has 0 spiro atoms. The summed E-state index contributed by atoms with van der Waals surface area (Å²) in [6.07, 6.45) is 4.48. The summed E-state index contributed by atoms with van der Waals surface area (Å²) in [5.41, 5.74) is 2.26. The van der Waals surface area contributed by atoms with Crippen molar-refractivity contribution in [3.8, 4) is 0 Å². The average Bonchev–Trinajstić information content (AvgIpc) is 3.10. The highest BCUT2D eigenvalue weighted by Crippen LogP contribution is 2.34. The number of hydrogen-bond donors (Lipinski definition) is 1. The SMILES string of the molecule is CON(C)C(=O)c1ccc2c(c1)[NH2+]C(=O)N2C1CCCC1. The van der Waals surface area contributed by atoms with Gasteiger partial charge in [0.25, 0.3) is 5.91 Å². The van der Waals surface area contributed by atoms with Crippen molar-refractivity contribution in [3.63, 3.8) is 0 Å². The molecule has 1 fully saturated rings. The number of rotatable bonds is 3. The third-order valence-electron chi connectivity index (χ3n) is 4.30. The third kappa shape index (κ3) is 2.41. The number of amides is 3. The number of hydroxylamine groups is 2. The van der Waals surface area contributed by atoms with E-state index in [4.69, 9.17) is 4.84 Å². The molecule has 2 aliphatic rings. The fraction of sp³-hybridized carbons (Fsp3) is 0.467. The molecule has 2 N–H and O–H groups in total. The van der Waals surface area contributed by atoms with Crippen molar-refractivity contribution < 1.29 is 19.7 Å². The van der Waals surface area contributed by atoms with Gasteiger partial charge in [-0.25, -0.2) is 15.2 Å². The summed E-state index contributed by atoms with van der Waals surface area (Å²) in [5.74, 6) is -0.222. The molecule has 1 heterocycles. The molecule has 1 aliphatic heterocycles. The van der Waals surface area contributed by atoms with Gasteiger partial charge in [-0.15, -0.1) is 0 Å². The zero-order valence-corrected chi connectivity index (χ0v) is 12.3. The van der Waals surface area contributed by atoms with Crippen LogP contribution in [0, 0.1) is 0 Å². The lowest BCUT2D eigenvalue weighted by Crippen LogP contribution is -2.82. The highest BCUT2D eigenvalue weighted by atomic mass is 16.7. The van der Waals surface area contributed by atoms with Crippen LogP contribution in [0.1, 0.15) is 36.0 Å². The standard InChI is InChI=1S/C15H19N3O3/c1-17(21-2)14(19)10-7-8-13-12(9-10)16-15(20)18(13)11-5-3-4-6-11/h7-9,11H,3-6H2,1-2H3,(H,16,20)/p+1. The smallest absolute Gasteiger partial charge is 0.274 e. The van der Waals surface area contributed by atoms with Gasteiger partial charge in [0.15, 0.2) is 5.69 Å². The molecule has 0 radical (unpaired) electrons. The van der Waals surface area contributed by atoms with E-state index in [1.54, 1.807) is 24.5 Å². The van der Waals surface area contributed by atoms with Gasteiger partial charge in [-0.2, -0.15) is 0 Å². The minimum atomic E-state index is -0.222. The molecule has 1 aromatic rings. The lowest BCUT2D eigenvalue weighted by Gasteiger charge is -2.20. The second-order valence-corrected chi connectivity index (χ2v) is 5.55. The fourth-order valence-corrected chi connectivity index (χ4v) is 3.15. The minimum absolute atomic E-state index is 0.0293. The van der Waals surface area contributed by atoms with E-state index in [0.717, 1.165) is 24.2 Å². The van der Waals surface area contributed by atoms with Crippen molar-refractivity contribution >= 4 is 23.3 Å². The van der Waals surface area contributed by atoms with Crippen LogP contribution in [0.15, 0.2) is 18.2 Å². The molecule has 0 atom stereocenters. The van der Waals surface area contributed by atoms with E-state index in [0.29, 0.717) is 11.6 Å². The molecule has 1 aromatic carbocycles. The van der Waals surface area contributed by atoms with Crippen LogP contribution in [0.25, 0.3) is 0 Å².